The van der Waals surface area contributed by atoms with Crippen molar-refractivity contribution in [3.05, 3.63) is 41.0 Å². The molecular formula is C13H10FN3OS. The third kappa shape index (κ3) is 2.00. The zero-order chi connectivity index (χ0) is 13.4. The number of nitrogens with two attached hydrogens (primary N) is 1. The minimum absolute atomic E-state index is 0.221. The molecular weight excluding hydrogens is 265 g/mol. The van der Waals surface area contributed by atoms with E-state index in [1.54, 1.807) is 18.2 Å². The van der Waals surface area contributed by atoms with E-state index in [0.29, 0.717) is 22.0 Å². The summed E-state index contributed by atoms with van der Waals surface area (Å²) in [5.41, 5.74) is 7.81. The maximum Gasteiger partial charge on any atom is 0.270 e. The fourth-order valence-corrected chi connectivity index (χ4v) is 2.58. The first-order valence-electron chi connectivity index (χ1n) is 5.59. The van der Waals surface area contributed by atoms with E-state index in [1.807, 2.05) is 12.3 Å². The second-order valence-electron chi connectivity index (χ2n) is 4.06. The van der Waals surface area contributed by atoms with E-state index in [2.05, 4.69) is 10.1 Å². The number of nitrogens with zero attached hydrogens (tertiary/aromatic N) is 2. The summed E-state index contributed by atoms with van der Waals surface area (Å²) in [6, 6.07) is 6.29. The first-order chi connectivity index (χ1) is 9.16. The van der Waals surface area contributed by atoms with E-state index in [9.17, 15) is 4.39 Å². The van der Waals surface area contributed by atoms with Crippen LogP contribution in [0.5, 0.6) is 0 Å². The van der Waals surface area contributed by atoms with Crippen LogP contribution in [0.25, 0.3) is 22.2 Å². The molecule has 0 aliphatic carbocycles. The van der Waals surface area contributed by atoms with Crippen molar-refractivity contribution >= 4 is 17.0 Å². The maximum atomic E-state index is 13.6. The Morgan fingerprint density at radius 1 is 1.32 bits per heavy atom. The Hall–Kier alpha value is -2.21. The van der Waals surface area contributed by atoms with E-state index in [0.717, 1.165) is 5.56 Å². The summed E-state index contributed by atoms with van der Waals surface area (Å²) in [6.45, 7) is 1.91. The Morgan fingerprint density at radius 3 is 2.79 bits per heavy atom. The molecule has 2 N–H and O–H groups in total. The lowest BCUT2D eigenvalue weighted by atomic mass is 10.2. The van der Waals surface area contributed by atoms with Crippen LogP contribution in [-0.2, 0) is 0 Å². The van der Waals surface area contributed by atoms with Gasteiger partial charge in [-0.3, -0.25) is 0 Å². The number of halogens is 1. The van der Waals surface area contributed by atoms with E-state index < -0.39 is 0 Å². The second-order valence-corrected chi connectivity index (χ2v) is 4.94. The molecule has 0 amide bonds. The molecule has 2 aromatic heterocycles. The topological polar surface area (TPSA) is 64.9 Å². The number of anilines is 1. The first kappa shape index (κ1) is 11.9. The smallest absolute Gasteiger partial charge is 0.270 e. The van der Waals surface area contributed by atoms with Crippen molar-refractivity contribution in [1.29, 1.82) is 0 Å². The molecule has 0 aliphatic rings. The van der Waals surface area contributed by atoms with Gasteiger partial charge in [-0.15, -0.1) is 11.3 Å². The highest BCUT2D eigenvalue weighted by Crippen LogP contribution is 2.34. The van der Waals surface area contributed by atoms with Crippen LogP contribution in [0.1, 0.15) is 5.56 Å². The summed E-state index contributed by atoms with van der Waals surface area (Å²) < 4.78 is 18.8. The number of aryl methyl sites for hydroxylation is 1. The molecule has 0 fully saturated rings. The minimum Gasteiger partial charge on any atom is -0.397 e. The number of thiophene rings is 1. The van der Waals surface area contributed by atoms with Gasteiger partial charge in [0.25, 0.3) is 5.89 Å². The van der Waals surface area contributed by atoms with E-state index in [1.165, 1.54) is 17.4 Å². The largest absolute Gasteiger partial charge is 0.397 e. The zero-order valence-electron chi connectivity index (χ0n) is 10.1. The van der Waals surface area contributed by atoms with Crippen LogP contribution in [0.3, 0.4) is 0 Å². The van der Waals surface area contributed by atoms with Crippen molar-refractivity contribution in [1.82, 2.24) is 10.1 Å². The summed E-state index contributed by atoms with van der Waals surface area (Å²) >= 11 is 1.43. The van der Waals surface area contributed by atoms with Crippen LogP contribution in [-0.4, -0.2) is 10.1 Å². The van der Waals surface area contributed by atoms with Crippen LogP contribution in [0.2, 0.25) is 0 Å². The third-order valence-corrected chi connectivity index (χ3v) is 3.86. The van der Waals surface area contributed by atoms with E-state index in [4.69, 9.17) is 10.3 Å². The molecule has 1 aromatic carbocycles. The molecule has 0 atom stereocenters. The second kappa shape index (κ2) is 4.47. The van der Waals surface area contributed by atoms with Gasteiger partial charge in [0.1, 0.15) is 10.7 Å². The van der Waals surface area contributed by atoms with Gasteiger partial charge in [-0.2, -0.15) is 4.98 Å². The van der Waals surface area contributed by atoms with Crippen LogP contribution in [0.4, 0.5) is 10.1 Å². The molecule has 6 heteroatoms. The Balaban J connectivity index is 2.05. The SMILES string of the molecule is Cc1csc(-c2nc(-c3ccccc3F)no2)c1N. The molecule has 0 aliphatic heterocycles. The standard InChI is InChI=1S/C13H10FN3OS/c1-7-6-19-11(10(7)15)13-16-12(17-18-13)8-4-2-3-5-9(8)14/h2-6H,15H2,1H3. The molecule has 0 spiro atoms. The quantitative estimate of drug-likeness (QED) is 0.777. The lowest BCUT2D eigenvalue weighted by molar-refractivity contribution is 0.433. The Kier molecular flexibility index (Phi) is 2.79. The lowest BCUT2D eigenvalue weighted by Crippen LogP contribution is -1.88. The molecule has 0 bridgehead atoms. The van der Waals surface area contributed by atoms with Crippen molar-refractivity contribution in [3.8, 4) is 22.2 Å². The summed E-state index contributed by atoms with van der Waals surface area (Å²) in [5, 5.41) is 5.71. The summed E-state index contributed by atoms with van der Waals surface area (Å²) in [7, 11) is 0. The highest BCUT2D eigenvalue weighted by molar-refractivity contribution is 7.14. The first-order valence-corrected chi connectivity index (χ1v) is 6.47. The molecule has 96 valence electrons. The highest BCUT2D eigenvalue weighted by Gasteiger charge is 2.17. The summed E-state index contributed by atoms with van der Waals surface area (Å²) in [5.74, 6) is 0.151. The highest BCUT2D eigenvalue weighted by atomic mass is 32.1. The molecule has 3 rings (SSSR count). The minimum atomic E-state index is -0.384. The number of hydrogen-bond donors (Lipinski definition) is 1. The van der Waals surface area contributed by atoms with Crippen molar-refractivity contribution in [3.63, 3.8) is 0 Å². The van der Waals surface area contributed by atoms with Gasteiger partial charge < -0.3 is 10.3 Å². The Labute approximate surface area is 112 Å². The van der Waals surface area contributed by atoms with Crippen molar-refractivity contribution in [2.45, 2.75) is 6.92 Å². The fourth-order valence-electron chi connectivity index (χ4n) is 1.69. The predicted molar refractivity (Wildman–Crippen MR) is 72.2 cm³/mol. The molecule has 0 unspecified atom stereocenters. The zero-order valence-corrected chi connectivity index (χ0v) is 10.9. The number of rotatable bonds is 2. The average molecular weight is 275 g/mol. The van der Waals surface area contributed by atoms with Crippen LogP contribution in [0, 0.1) is 12.7 Å². The predicted octanol–water partition coefficient (Wildman–Crippen LogP) is 3.49. The monoisotopic (exact) mass is 275 g/mol. The number of nitrogen functional groups attached to an aromatic ring is 1. The molecule has 19 heavy (non-hydrogen) atoms. The molecule has 2 heterocycles. The molecule has 0 saturated carbocycles. The molecule has 0 radical (unpaired) electrons. The van der Waals surface area contributed by atoms with E-state index in [-0.39, 0.29) is 11.6 Å². The fraction of sp³-hybridized carbons (Fsp3) is 0.0769. The van der Waals surface area contributed by atoms with Gasteiger partial charge in [0.15, 0.2) is 0 Å². The maximum absolute atomic E-state index is 13.6. The third-order valence-electron chi connectivity index (χ3n) is 2.76. The van der Waals surface area contributed by atoms with Crippen LogP contribution < -0.4 is 5.73 Å². The van der Waals surface area contributed by atoms with Gasteiger partial charge in [-0.1, -0.05) is 17.3 Å². The normalized spacial score (nSPS) is 10.8. The van der Waals surface area contributed by atoms with Gasteiger partial charge in [-0.25, -0.2) is 4.39 Å². The number of aromatic nitrogens is 2. The number of benzene rings is 1. The lowest BCUT2D eigenvalue weighted by Gasteiger charge is -1.95. The number of hydrogen-bond acceptors (Lipinski definition) is 5. The van der Waals surface area contributed by atoms with Gasteiger partial charge in [0, 0.05) is 0 Å². The van der Waals surface area contributed by atoms with Crippen molar-refractivity contribution < 1.29 is 8.91 Å². The van der Waals surface area contributed by atoms with Crippen molar-refractivity contribution in [2.24, 2.45) is 0 Å². The average Bonchev–Trinajstić information content (AvgIpc) is 2.99. The van der Waals surface area contributed by atoms with E-state index >= 15 is 0 Å². The molecule has 0 saturated heterocycles. The van der Waals surface area contributed by atoms with Gasteiger partial charge in [0.2, 0.25) is 5.82 Å². The Bertz CT molecular complexity index is 735. The summed E-state index contributed by atoms with van der Waals surface area (Å²) in [4.78, 5) is 4.91. The molecule has 3 aromatic rings. The molecule has 4 nitrogen and oxygen atoms in total. The van der Waals surface area contributed by atoms with Crippen LogP contribution >= 0.6 is 11.3 Å². The van der Waals surface area contributed by atoms with Crippen molar-refractivity contribution in [2.75, 3.05) is 5.73 Å². The van der Waals surface area contributed by atoms with Gasteiger partial charge in [0.05, 0.1) is 11.3 Å². The van der Waals surface area contributed by atoms with Gasteiger partial charge >= 0.3 is 0 Å². The Morgan fingerprint density at radius 2 is 2.11 bits per heavy atom. The summed E-state index contributed by atoms with van der Waals surface area (Å²) in [6.07, 6.45) is 0. The van der Waals surface area contributed by atoms with Gasteiger partial charge in [-0.05, 0) is 30.0 Å². The van der Waals surface area contributed by atoms with Crippen LogP contribution in [0.15, 0.2) is 34.2 Å².